The van der Waals surface area contributed by atoms with Crippen molar-refractivity contribution >= 4 is 36.8 Å². The molecule has 2 bridgehead atoms. The molecule has 3 heterocycles. The number of piperidine rings is 1. The van der Waals surface area contributed by atoms with Crippen molar-refractivity contribution in [2.45, 2.75) is 200 Å². The highest BCUT2D eigenvalue weighted by Gasteiger charge is 2.53. The van der Waals surface area contributed by atoms with Gasteiger partial charge in [-0.2, -0.15) is 0 Å². The van der Waals surface area contributed by atoms with Crippen molar-refractivity contribution in [3.8, 4) is 0 Å². The zero-order valence-electron chi connectivity index (χ0n) is 45.4. The van der Waals surface area contributed by atoms with Crippen LogP contribution in [0.25, 0.3) is 0 Å². The second kappa shape index (κ2) is 28.1. The Hall–Kier alpha value is -3.18. The minimum Gasteiger partial charge on any atom is -0.460 e. The van der Waals surface area contributed by atoms with E-state index in [9.17, 15) is 38.8 Å². The molecule has 0 aromatic heterocycles. The van der Waals surface area contributed by atoms with Crippen LogP contribution in [-0.2, 0) is 61.3 Å². The summed E-state index contributed by atoms with van der Waals surface area (Å²) in [5, 5.41) is 23.5. The second-order valence-corrected chi connectivity index (χ2v) is 23.6. The number of Topliss-reactive ketones (excluding diaryl/α,β-unsaturated/α-hetero) is 3. The maximum Gasteiger partial charge on any atom is 0.329 e. The summed E-state index contributed by atoms with van der Waals surface area (Å²) in [6, 6.07) is -1.17. The average molecular weight is 1030 g/mol. The number of aliphatic hydroxyl groups excluding tert-OH is 1. The molecule has 3 fully saturated rings. The third-order valence-electron chi connectivity index (χ3n) is 15.2. The average Bonchev–Trinajstić information content (AvgIpc) is 3.32. The number of esters is 1. The molecular formula is C55H88NO15P. The molecule has 72 heavy (non-hydrogen) atoms. The highest BCUT2D eigenvalue weighted by molar-refractivity contribution is 7.53. The zero-order chi connectivity index (χ0) is 53.7. The highest BCUT2D eigenvalue weighted by Crippen LogP contribution is 2.49. The number of fused-ring (bicyclic) bond motifs is 3. The van der Waals surface area contributed by atoms with Crippen LogP contribution in [0.15, 0.2) is 47.6 Å². The van der Waals surface area contributed by atoms with Gasteiger partial charge < -0.3 is 47.8 Å². The molecule has 0 spiro atoms. The van der Waals surface area contributed by atoms with Gasteiger partial charge in [0.05, 0.1) is 30.5 Å². The van der Waals surface area contributed by atoms with E-state index >= 15 is 0 Å². The van der Waals surface area contributed by atoms with Crippen LogP contribution in [0.3, 0.4) is 0 Å². The minimum atomic E-state index is -3.37. The summed E-state index contributed by atoms with van der Waals surface area (Å²) in [5.74, 6) is -8.28. The number of nitrogens with zero attached hydrogens (tertiary/aromatic N) is 1. The van der Waals surface area contributed by atoms with Crippen molar-refractivity contribution in [3.05, 3.63) is 47.6 Å². The fourth-order valence-electron chi connectivity index (χ4n) is 10.9. The lowest BCUT2D eigenvalue weighted by molar-refractivity contribution is -0.265. The fraction of sp³-hybridized carbons (Fsp3) is 0.764. The molecule has 1 aliphatic carbocycles. The van der Waals surface area contributed by atoms with Gasteiger partial charge >= 0.3 is 13.6 Å². The quantitative estimate of drug-likeness (QED) is 0.0910. The van der Waals surface area contributed by atoms with E-state index in [2.05, 4.69) is 0 Å². The molecule has 0 aromatic carbocycles. The number of amides is 1. The van der Waals surface area contributed by atoms with E-state index in [0.29, 0.717) is 69.8 Å². The first-order valence-corrected chi connectivity index (χ1v) is 28.3. The molecule has 1 saturated carbocycles. The molecule has 0 aromatic rings. The van der Waals surface area contributed by atoms with Crippen LogP contribution in [0, 0.1) is 35.5 Å². The van der Waals surface area contributed by atoms with Gasteiger partial charge in [0.1, 0.15) is 30.1 Å². The van der Waals surface area contributed by atoms with Gasteiger partial charge in [0.15, 0.2) is 5.78 Å². The van der Waals surface area contributed by atoms with Gasteiger partial charge in [-0.25, -0.2) is 4.79 Å². The lowest BCUT2D eigenvalue weighted by Crippen LogP contribution is -2.61. The van der Waals surface area contributed by atoms with Crippen LogP contribution >= 0.6 is 7.60 Å². The van der Waals surface area contributed by atoms with Crippen LogP contribution in [0.5, 0.6) is 0 Å². The summed E-state index contributed by atoms with van der Waals surface area (Å²) in [4.78, 5) is 72.5. The van der Waals surface area contributed by atoms with Crippen molar-refractivity contribution in [1.82, 2.24) is 4.90 Å². The number of rotatable bonds is 10. The van der Waals surface area contributed by atoms with Crippen molar-refractivity contribution in [2.24, 2.45) is 35.5 Å². The van der Waals surface area contributed by atoms with Gasteiger partial charge in [-0.15, -0.1) is 0 Å². The SMILES string of the molecule is CO[C@H]1C[C@@H]2CC[C@@H](C)[C@@](O)(O2)C(=O)C(=O)N2CCCCC2C(=O)OC([C@H](C)CC2CC[C@@H](OP(C)(=O)OC(C)C)[C@H](OC)C2)CC(=O)[C@H](C)/C=C(\C)[C@@H](O)[C@@H](OC)C(=O)[C@H](C)C[C@H](C)/C=C/C=C/C=C/1C. The molecule has 4 aliphatic rings. The molecule has 2 N–H and O–H groups in total. The molecule has 17 heteroatoms. The number of hydrogen-bond donors (Lipinski definition) is 2. The second-order valence-electron chi connectivity index (χ2n) is 21.6. The predicted octanol–water partition coefficient (Wildman–Crippen LogP) is 8.45. The number of carbonyl (C=O) groups excluding carboxylic acids is 5. The Morgan fingerprint density at radius 3 is 2.21 bits per heavy atom. The third-order valence-corrected chi connectivity index (χ3v) is 16.6. The molecule has 0 radical (unpaired) electrons. The van der Waals surface area contributed by atoms with Gasteiger partial charge in [-0.05, 0) is 121 Å². The number of cyclic esters (lactones) is 1. The van der Waals surface area contributed by atoms with E-state index in [1.807, 2.05) is 58.1 Å². The Bertz CT molecular complexity index is 2020. The summed E-state index contributed by atoms with van der Waals surface area (Å²) in [7, 11) is 1.15. The summed E-state index contributed by atoms with van der Waals surface area (Å²) < 4.78 is 54.6. The Morgan fingerprint density at radius 1 is 0.847 bits per heavy atom. The summed E-state index contributed by atoms with van der Waals surface area (Å²) in [6.07, 6.45) is 10.5. The van der Waals surface area contributed by atoms with Gasteiger partial charge in [-0.1, -0.05) is 71.1 Å². The van der Waals surface area contributed by atoms with E-state index in [0.717, 1.165) is 5.57 Å². The number of aliphatic hydroxyl groups is 2. The van der Waals surface area contributed by atoms with E-state index in [4.69, 9.17) is 32.7 Å². The molecular weight excluding hydrogens is 946 g/mol. The van der Waals surface area contributed by atoms with E-state index < -0.39 is 103 Å². The summed E-state index contributed by atoms with van der Waals surface area (Å²) in [6.45, 7) is 17.7. The number of carbonyl (C=O) groups is 5. The monoisotopic (exact) mass is 1030 g/mol. The number of hydrogen-bond acceptors (Lipinski definition) is 15. The molecule has 2 saturated heterocycles. The lowest BCUT2D eigenvalue weighted by atomic mass is 9.78. The largest absolute Gasteiger partial charge is 0.460 e. The van der Waals surface area contributed by atoms with Crippen LogP contribution in [-0.4, -0.2) is 140 Å². The molecule has 3 aliphatic heterocycles. The van der Waals surface area contributed by atoms with Crippen molar-refractivity contribution in [3.63, 3.8) is 0 Å². The number of methoxy groups -OCH3 is 3. The molecule has 16 nitrogen and oxygen atoms in total. The molecule has 4 unspecified atom stereocenters. The Morgan fingerprint density at radius 2 is 1.56 bits per heavy atom. The summed E-state index contributed by atoms with van der Waals surface area (Å²) >= 11 is 0. The van der Waals surface area contributed by atoms with Crippen molar-refractivity contribution in [1.29, 1.82) is 0 Å². The van der Waals surface area contributed by atoms with E-state index in [1.165, 1.54) is 18.7 Å². The number of ketones is 3. The fourth-order valence-corrected chi connectivity index (χ4v) is 12.4. The Kier molecular flexibility index (Phi) is 23.9. The smallest absolute Gasteiger partial charge is 0.329 e. The van der Waals surface area contributed by atoms with Gasteiger partial charge in [0.25, 0.3) is 11.7 Å². The first-order valence-electron chi connectivity index (χ1n) is 26.3. The lowest BCUT2D eigenvalue weighted by Gasteiger charge is -2.42. The van der Waals surface area contributed by atoms with Gasteiger partial charge in [0.2, 0.25) is 5.79 Å². The van der Waals surface area contributed by atoms with Crippen molar-refractivity contribution < 1.29 is 71.5 Å². The maximum absolute atomic E-state index is 14.5. The van der Waals surface area contributed by atoms with E-state index in [1.54, 1.807) is 54.9 Å². The van der Waals surface area contributed by atoms with Gasteiger partial charge in [0, 0.05) is 65.1 Å². The summed E-state index contributed by atoms with van der Waals surface area (Å²) in [5.41, 5.74) is 1.24. The number of allylic oxidation sites excluding steroid dienone is 6. The first kappa shape index (κ1) is 61.4. The van der Waals surface area contributed by atoms with Gasteiger partial charge in [-0.3, -0.25) is 23.7 Å². The van der Waals surface area contributed by atoms with Crippen LogP contribution < -0.4 is 0 Å². The standard InChI is InChI=1S/C55H88NO15P/c1-33(2)70-72(13,64)71-45-25-23-41(30-48(45)66-11)29-37(6)47-32-44(57)36(5)28-39(8)50(59)51(67-12)49(58)38(7)27-34(3)19-15-14-16-20-35(4)46(65-10)31-42-24-22-40(9)55(63,69-42)52(60)53(61)56-26-18-17-21-43(56)54(62)68-47/h14-16,19-20,28,33-34,36-38,40-43,45-48,50-51,59,63H,17-18,21-27,29-32H2,1-13H3/b16-14+,19-15+,35-20+,39-28+/t34-,36-,37-,38-,40-,41?,42+,43?,45-,46+,47?,48-,50-,51+,55-,72?/m1/s1. The minimum absolute atomic E-state index is 0.00576. The van der Waals surface area contributed by atoms with E-state index in [-0.39, 0.29) is 48.9 Å². The van der Waals surface area contributed by atoms with Crippen LogP contribution in [0.1, 0.15) is 139 Å². The normalized spacial score (nSPS) is 38.6. The van der Waals surface area contributed by atoms with Crippen molar-refractivity contribution in [2.75, 3.05) is 34.5 Å². The Labute approximate surface area is 429 Å². The predicted molar refractivity (Wildman–Crippen MR) is 274 cm³/mol. The maximum atomic E-state index is 14.5. The zero-order valence-corrected chi connectivity index (χ0v) is 46.3. The molecule has 408 valence electrons. The molecule has 16 atom stereocenters. The molecule has 4 rings (SSSR count). The highest BCUT2D eigenvalue weighted by atomic mass is 31.2. The Balaban J connectivity index is 1.70. The van der Waals surface area contributed by atoms with Crippen LogP contribution in [0.4, 0.5) is 0 Å². The topological polar surface area (TPSA) is 211 Å². The first-order chi connectivity index (χ1) is 33.9. The van der Waals surface area contributed by atoms with Crippen LogP contribution in [0.2, 0.25) is 0 Å². The number of ether oxygens (including phenoxy) is 5. The molecule has 1 amide bonds. The third kappa shape index (κ3) is 16.9.